The zero-order valence-electron chi connectivity index (χ0n) is 10.6. The summed E-state index contributed by atoms with van der Waals surface area (Å²) < 4.78 is 28.6. The van der Waals surface area contributed by atoms with Crippen LogP contribution in [0.5, 0.6) is 5.75 Å². The van der Waals surface area contributed by atoms with E-state index in [9.17, 15) is 8.42 Å². The maximum atomic E-state index is 11.8. The van der Waals surface area contributed by atoms with Gasteiger partial charge in [-0.05, 0) is 31.2 Å². The fourth-order valence-corrected chi connectivity index (χ4v) is 2.58. The third kappa shape index (κ3) is 3.01. The summed E-state index contributed by atoms with van der Waals surface area (Å²) in [5.74, 6) is 0.658. The van der Waals surface area contributed by atoms with Crippen molar-refractivity contribution >= 4 is 15.5 Å². The number of benzene rings is 1. The fraction of sp³-hybridized carbons (Fsp3) is 0.417. The molecule has 1 aromatic carbocycles. The van der Waals surface area contributed by atoms with Gasteiger partial charge in [0.15, 0.2) is 9.84 Å². The Morgan fingerprint density at radius 3 is 2.33 bits per heavy atom. The van der Waals surface area contributed by atoms with Crippen LogP contribution in [-0.2, 0) is 9.84 Å². The lowest BCUT2D eigenvalue weighted by molar-refractivity contribution is 0.318. The van der Waals surface area contributed by atoms with Crippen LogP contribution in [0.3, 0.4) is 0 Å². The zero-order chi connectivity index (χ0) is 13.8. The minimum absolute atomic E-state index is 0.00331. The van der Waals surface area contributed by atoms with Crippen LogP contribution in [0.1, 0.15) is 19.4 Å². The van der Waals surface area contributed by atoms with E-state index in [-0.39, 0.29) is 11.5 Å². The lowest BCUT2D eigenvalue weighted by Crippen LogP contribution is -2.29. The first-order valence-electron chi connectivity index (χ1n) is 5.54. The molecular weight excluding hydrogens is 254 g/mol. The molecule has 0 radical (unpaired) electrons. The summed E-state index contributed by atoms with van der Waals surface area (Å²) >= 11 is 0. The second kappa shape index (κ2) is 5.86. The van der Waals surface area contributed by atoms with Gasteiger partial charge in [-0.25, -0.2) is 8.42 Å². The molecule has 0 fully saturated rings. The number of hydrogen-bond donors (Lipinski definition) is 1. The number of hydrogen-bond acceptors (Lipinski definition) is 5. The van der Waals surface area contributed by atoms with Crippen LogP contribution in [0.2, 0.25) is 0 Å². The molecule has 0 heterocycles. The lowest BCUT2D eigenvalue weighted by Gasteiger charge is -2.13. The summed E-state index contributed by atoms with van der Waals surface area (Å²) in [4.78, 5) is 0. The molecule has 0 bridgehead atoms. The minimum Gasteiger partial charge on any atom is -0.497 e. The number of nitrogens with zero attached hydrogens (tertiary/aromatic N) is 1. The standard InChI is InChI=1S/C12H17NO4S/c1-4-18(15,16)9(2)12(13-14)10-5-7-11(17-3)8-6-10/h5-9,14H,4H2,1-3H3/b13-12+/t9-/m0/s1. The molecule has 1 N–H and O–H groups in total. The van der Waals surface area contributed by atoms with Gasteiger partial charge in [-0.15, -0.1) is 0 Å². The highest BCUT2D eigenvalue weighted by atomic mass is 32.2. The van der Waals surface area contributed by atoms with Crippen molar-refractivity contribution in [3.05, 3.63) is 29.8 Å². The summed E-state index contributed by atoms with van der Waals surface area (Å²) in [6.07, 6.45) is 0. The van der Waals surface area contributed by atoms with E-state index in [1.807, 2.05) is 0 Å². The molecule has 18 heavy (non-hydrogen) atoms. The van der Waals surface area contributed by atoms with Crippen LogP contribution in [-0.4, -0.2) is 37.4 Å². The maximum Gasteiger partial charge on any atom is 0.158 e. The summed E-state index contributed by atoms with van der Waals surface area (Å²) in [6.45, 7) is 3.08. The number of rotatable bonds is 5. The Morgan fingerprint density at radius 2 is 1.94 bits per heavy atom. The Bertz CT molecular complexity index is 520. The molecule has 0 aromatic heterocycles. The van der Waals surface area contributed by atoms with E-state index in [4.69, 9.17) is 9.94 Å². The van der Waals surface area contributed by atoms with Crippen LogP contribution in [0.25, 0.3) is 0 Å². The molecule has 5 nitrogen and oxygen atoms in total. The van der Waals surface area contributed by atoms with Crippen LogP contribution in [0.4, 0.5) is 0 Å². The molecule has 0 aliphatic carbocycles. The maximum absolute atomic E-state index is 11.8. The van der Waals surface area contributed by atoms with Gasteiger partial charge in [0.1, 0.15) is 16.7 Å². The molecule has 0 saturated carbocycles. The van der Waals surface area contributed by atoms with Crippen molar-refractivity contribution in [2.24, 2.45) is 5.16 Å². The van der Waals surface area contributed by atoms with Gasteiger partial charge in [0.2, 0.25) is 0 Å². The first kappa shape index (κ1) is 14.5. The first-order valence-corrected chi connectivity index (χ1v) is 7.25. The molecule has 0 spiro atoms. The normalized spacial score (nSPS) is 14.3. The van der Waals surface area contributed by atoms with E-state index < -0.39 is 15.1 Å². The smallest absolute Gasteiger partial charge is 0.158 e. The molecule has 100 valence electrons. The number of oxime groups is 1. The highest BCUT2D eigenvalue weighted by molar-refractivity contribution is 7.92. The van der Waals surface area contributed by atoms with Crippen LogP contribution in [0, 0.1) is 0 Å². The van der Waals surface area contributed by atoms with Gasteiger partial charge in [-0.3, -0.25) is 0 Å². The molecule has 1 aromatic rings. The molecule has 1 atom stereocenters. The van der Waals surface area contributed by atoms with E-state index in [0.717, 1.165) is 0 Å². The average molecular weight is 271 g/mol. The van der Waals surface area contributed by atoms with Crippen LogP contribution in [0.15, 0.2) is 29.4 Å². The van der Waals surface area contributed by atoms with Crippen molar-refractivity contribution in [2.45, 2.75) is 19.1 Å². The van der Waals surface area contributed by atoms with Gasteiger partial charge in [0.25, 0.3) is 0 Å². The minimum atomic E-state index is -3.30. The number of ether oxygens (including phenoxy) is 1. The summed E-state index contributed by atoms with van der Waals surface area (Å²) in [7, 11) is -1.75. The second-order valence-electron chi connectivity index (χ2n) is 3.81. The van der Waals surface area contributed by atoms with E-state index in [1.165, 1.54) is 6.92 Å². The Labute approximate surface area is 107 Å². The fourth-order valence-electron chi connectivity index (χ4n) is 1.56. The first-order chi connectivity index (χ1) is 8.46. The van der Waals surface area contributed by atoms with Gasteiger partial charge in [0, 0.05) is 11.3 Å². The lowest BCUT2D eigenvalue weighted by atomic mass is 10.1. The zero-order valence-corrected chi connectivity index (χ0v) is 11.4. The summed E-state index contributed by atoms with van der Waals surface area (Å²) in [5, 5.41) is 11.3. The predicted molar refractivity (Wildman–Crippen MR) is 70.2 cm³/mol. The van der Waals surface area contributed by atoms with Gasteiger partial charge >= 0.3 is 0 Å². The monoisotopic (exact) mass is 271 g/mol. The predicted octanol–water partition coefficient (Wildman–Crippen LogP) is 1.70. The van der Waals surface area contributed by atoms with Crippen LogP contribution >= 0.6 is 0 Å². The Balaban J connectivity index is 3.11. The second-order valence-corrected chi connectivity index (χ2v) is 6.42. The van der Waals surface area contributed by atoms with E-state index in [1.54, 1.807) is 38.3 Å². The SMILES string of the molecule is CCS(=O)(=O)[C@@H](C)/C(=N\O)c1ccc(OC)cc1. The number of sulfone groups is 1. The van der Waals surface area contributed by atoms with Crippen molar-refractivity contribution in [3.63, 3.8) is 0 Å². The van der Waals surface area contributed by atoms with Crippen molar-refractivity contribution in [2.75, 3.05) is 12.9 Å². The van der Waals surface area contributed by atoms with Gasteiger partial charge < -0.3 is 9.94 Å². The van der Waals surface area contributed by atoms with Crippen LogP contribution < -0.4 is 4.74 Å². The molecule has 6 heteroatoms. The van der Waals surface area contributed by atoms with E-state index in [0.29, 0.717) is 11.3 Å². The van der Waals surface area contributed by atoms with Gasteiger partial charge in [0.05, 0.1) is 7.11 Å². The van der Waals surface area contributed by atoms with Gasteiger partial charge in [-0.1, -0.05) is 12.1 Å². The summed E-state index contributed by atoms with van der Waals surface area (Å²) in [6, 6.07) is 6.70. The Morgan fingerprint density at radius 1 is 1.39 bits per heavy atom. The van der Waals surface area contributed by atoms with E-state index in [2.05, 4.69) is 5.16 Å². The van der Waals surface area contributed by atoms with E-state index >= 15 is 0 Å². The van der Waals surface area contributed by atoms with Crippen molar-refractivity contribution < 1.29 is 18.4 Å². The Hall–Kier alpha value is -1.56. The summed E-state index contributed by atoms with van der Waals surface area (Å²) in [5.41, 5.74) is 0.697. The van der Waals surface area contributed by atoms with Gasteiger partial charge in [-0.2, -0.15) is 0 Å². The largest absolute Gasteiger partial charge is 0.497 e. The third-order valence-electron chi connectivity index (χ3n) is 2.82. The highest BCUT2D eigenvalue weighted by Crippen LogP contribution is 2.16. The number of methoxy groups -OCH3 is 1. The Kier molecular flexibility index (Phi) is 4.72. The van der Waals surface area contributed by atoms with Crippen molar-refractivity contribution in [1.82, 2.24) is 0 Å². The van der Waals surface area contributed by atoms with Crippen molar-refractivity contribution in [1.29, 1.82) is 0 Å². The third-order valence-corrected chi connectivity index (χ3v) is 4.92. The molecule has 0 aliphatic rings. The molecule has 0 unspecified atom stereocenters. The molecule has 0 amide bonds. The topological polar surface area (TPSA) is 76.0 Å². The highest BCUT2D eigenvalue weighted by Gasteiger charge is 2.25. The molecular formula is C12H17NO4S. The quantitative estimate of drug-likeness (QED) is 0.502. The van der Waals surface area contributed by atoms with Crippen molar-refractivity contribution in [3.8, 4) is 5.75 Å². The molecule has 1 rings (SSSR count). The molecule has 0 aliphatic heterocycles. The molecule has 0 saturated heterocycles. The average Bonchev–Trinajstić information content (AvgIpc) is 2.40.